The number of nitrogens with two attached hydrogens (primary N) is 1. The van der Waals surface area contributed by atoms with Crippen LogP contribution in [0.1, 0.15) is 37.4 Å². The number of fused-ring (bicyclic) bond motifs is 1. The zero-order chi connectivity index (χ0) is 14.9. The third-order valence-corrected chi connectivity index (χ3v) is 3.36. The number of rotatable bonds is 3. The van der Waals surface area contributed by atoms with Gasteiger partial charge >= 0.3 is 5.97 Å². The molecule has 110 valence electrons. The summed E-state index contributed by atoms with van der Waals surface area (Å²) in [5.41, 5.74) is 7.59. The maximum atomic E-state index is 10.8. The normalized spacial score (nSPS) is 18.2. The predicted octanol–water partition coefficient (Wildman–Crippen LogP) is 2.27. The minimum Gasteiger partial charge on any atom is -0.489 e. The van der Waals surface area contributed by atoms with Gasteiger partial charge in [-0.15, -0.1) is 0 Å². The number of carbonyl (C=O) groups is 1. The molecular weight excluding hydrogens is 258 g/mol. The highest BCUT2D eigenvalue weighted by molar-refractivity contribution is 5.68. The van der Waals surface area contributed by atoms with Crippen molar-refractivity contribution >= 4 is 5.97 Å². The van der Waals surface area contributed by atoms with Crippen LogP contribution in [0, 0.1) is 12.3 Å². The van der Waals surface area contributed by atoms with E-state index in [2.05, 4.69) is 13.8 Å². The Morgan fingerprint density at radius 3 is 2.45 bits per heavy atom. The van der Waals surface area contributed by atoms with Crippen molar-refractivity contribution in [2.75, 3.05) is 13.2 Å². The van der Waals surface area contributed by atoms with E-state index in [0.717, 1.165) is 11.1 Å². The second-order valence-corrected chi connectivity index (χ2v) is 6.10. The van der Waals surface area contributed by atoms with Crippen LogP contribution in [0.4, 0.5) is 0 Å². The fourth-order valence-corrected chi connectivity index (χ4v) is 2.19. The highest BCUT2D eigenvalue weighted by atomic mass is 16.5. The van der Waals surface area contributed by atoms with E-state index in [9.17, 15) is 4.79 Å². The maximum Gasteiger partial charge on any atom is 0.305 e. The zero-order valence-electron chi connectivity index (χ0n) is 12.1. The maximum absolute atomic E-state index is 10.8. The van der Waals surface area contributed by atoms with Gasteiger partial charge in [0.25, 0.3) is 0 Å². The molecule has 0 radical (unpaired) electrons. The van der Waals surface area contributed by atoms with Crippen molar-refractivity contribution in [1.82, 2.24) is 0 Å². The van der Waals surface area contributed by atoms with Crippen molar-refractivity contribution in [2.45, 2.75) is 33.2 Å². The molecule has 1 atom stereocenters. The highest BCUT2D eigenvalue weighted by Crippen LogP contribution is 2.37. The van der Waals surface area contributed by atoms with E-state index in [1.165, 1.54) is 0 Å². The van der Waals surface area contributed by atoms with Crippen LogP contribution in [0.25, 0.3) is 0 Å². The SMILES string of the molecule is Cc1cc2c(cc1C(N)CC(=O)O)OCC(C)(C)CO2. The molecule has 20 heavy (non-hydrogen) atoms. The minimum atomic E-state index is -0.912. The Hall–Kier alpha value is -1.75. The molecule has 0 amide bonds. The molecule has 0 spiro atoms. The first-order chi connectivity index (χ1) is 9.28. The molecule has 1 aliphatic heterocycles. The predicted molar refractivity (Wildman–Crippen MR) is 75.1 cm³/mol. The van der Waals surface area contributed by atoms with E-state index in [-0.39, 0.29) is 11.8 Å². The molecule has 1 heterocycles. The lowest BCUT2D eigenvalue weighted by molar-refractivity contribution is -0.137. The average molecular weight is 279 g/mol. The largest absolute Gasteiger partial charge is 0.489 e. The molecular formula is C15H21NO4. The Morgan fingerprint density at radius 2 is 1.90 bits per heavy atom. The van der Waals surface area contributed by atoms with E-state index in [1.54, 1.807) is 6.07 Å². The molecule has 1 unspecified atom stereocenters. The minimum absolute atomic E-state index is 0.0593. The smallest absolute Gasteiger partial charge is 0.305 e. The summed E-state index contributed by atoms with van der Waals surface area (Å²) in [6.07, 6.45) is -0.105. The fraction of sp³-hybridized carbons (Fsp3) is 0.533. The second-order valence-electron chi connectivity index (χ2n) is 6.10. The molecule has 1 aliphatic rings. The summed E-state index contributed by atoms with van der Waals surface area (Å²) >= 11 is 0. The van der Waals surface area contributed by atoms with Gasteiger partial charge in [0.1, 0.15) is 0 Å². The van der Waals surface area contributed by atoms with Crippen LogP contribution >= 0.6 is 0 Å². The topological polar surface area (TPSA) is 81.8 Å². The number of benzene rings is 1. The van der Waals surface area contributed by atoms with Crippen LogP contribution in [-0.4, -0.2) is 24.3 Å². The molecule has 2 rings (SSSR count). The summed E-state index contributed by atoms with van der Waals surface area (Å²) < 4.78 is 11.6. The third-order valence-electron chi connectivity index (χ3n) is 3.36. The van der Waals surface area contributed by atoms with Crippen LogP contribution in [0.5, 0.6) is 11.5 Å². The summed E-state index contributed by atoms with van der Waals surface area (Å²) in [7, 11) is 0. The Balaban J connectivity index is 2.31. The first-order valence-electron chi connectivity index (χ1n) is 6.66. The van der Waals surface area contributed by atoms with Crippen LogP contribution in [-0.2, 0) is 4.79 Å². The second kappa shape index (κ2) is 5.32. The standard InChI is InChI=1S/C15H21NO4/c1-9-4-12-13(20-8-15(2,3)7-19-12)5-10(9)11(16)6-14(17)18/h4-5,11H,6-8,16H2,1-3H3,(H,17,18). The molecule has 0 saturated heterocycles. The Bertz CT molecular complexity index is 525. The molecule has 0 bridgehead atoms. The third kappa shape index (κ3) is 3.22. The van der Waals surface area contributed by atoms with Gasteiger partial charge in [0, 0.05) is 11.5 Å². The van der Waals surface area contributed by atoms with E-state index < -0.39 is 12.0 Å². The van der Waals surface area contributed by atoms with Gasteiger partial charge in [-0.3, -0.25) is 4.79 Å². The summed E-state index contributed by atoms with van der Waals surface area (Å²) in [6.45, 7) is 7.18. The first kappa shape index (κ1) is 14.7. The lowest BCUT2D eigenvalue weighted by Gasteiger charge is -2.19. The van der Waals surface area contributed by atoms with Crippen LogP contribution in [0.2, 0.25) is 0 Å². The summed E-state index contributed by atoms with van der Waals surface area (Å²) in [6, 6.07) is 3.13. The number of aliphatic carboxylic acids is 1. The van der Waals surface area contributed by atoms with Gasteiger partial charge in [-0.25, -0.2) is 0 Å². The van der Waals surface area contributed by atoms with Crippen molar-refractivity contribution in [3.63, 3.8) is 0 Å². The monoisotopic (exact) mass is 279 g/mol. The average Bonchev–Trinajstić information content (AvgIpc) is 2.47. The van der Waals surface area contributed by atoms with E-state index >= 15 is 0 Å². The van der Waals surface area contributed by atoms with Crippen LogP contribution in [0.15, 0.2) is 12.1 Å². The number of aryl methyl sites for hydroxylation is 1. The zero-order valence-corrected chi connectivity index (χ0v) is 12.1. The number of carboxylic acids is 1. The quantitative estimate of drug-likeness (QED) is 0.887. The van der Waals surface area contributed by atoms with Gasteiger partial charge in [-0.1, -0.05) is 13.8 Å². The number of carboxylic acid groups (broad SMARTS) is 1. The number of hydrogen-bond acceptors (Lipinski definition) is 4. The number of ether oxygens (including phenoxy) is 2. The van der Waals surface area contributed by atoms with Crippen LogP contribution in [0.3, 0.4) is 0 Å². The van der Waals surface area contributed by atoms with Crippen molar-refractivity contribution < 1.29 is 19.4 Å². The molecule has 3 N–H and O–H groups in total. The molecule has 5 nitrogen and oxygen atoms in total. The van der Waals surface area contributed by atoms with Gasteiger partial charge in [0.15, 0.2) is 11.5 Å². The Kier molecular flexibility index (Phi) is 3.90. The van der Waals surface area contributed by atoms with Gasteiger partial charge < -0.3 is 20.3 Å². The van der Waals surface area contributed by atoms with Gasteiger partial charge in [0.05, 0.1) is 19.6 Å². The molecule has 0 aliphatic carbocycles. The van der Waals surface area contributed by atoms with Gasteiger partial charge in [-0.05, 0) is 30.2 Å². The summed E-state index contributed by atoms with van der Waals surface area (Å²) in [4.78, 5) is 10.8. The lowest BCUT2D eigenvalue weighted by atomic mass is 9.97. The van der Waals surface area contributed by atoms with Crippen molar-refractivity contribution in [3.8, 4) is 11.5 Å². The molecule has 0 aromatic heterocycles. The molecule has 1 aromatic carbocycles. The Morgan fingerprint density at radius 1 is 1.35 bits per heavy atom. The molecule has 5 heteroatoms. The summed E-state index contributed by atoms with van der Waals surface area (Å²) in [5, 5.41) is 8.85. The highest BCUT2D eigenvalue weighted by Gasteiger charge is 2.26. The molecule has 0 saturated carbocycles. The van der Waals surface area contributed by atoms with Crippen LogP contribution < -0.4 is 15.2 Å². The van der Waals surface area contributed by atoms with Crippen molar-refractivity contribution in [3.05, 3.63) is 23.3 Å². The van der Waals surface area contributed by atoms with E-state index in [0.29, 0.717) is 24.7 Å². The van der Waals surface area contributed by atoms with Gasteiger partial charge in [-0.2, -0.15) is 0 Å². The van der Waals surface area contributed by atoms with Crippen molar-refractivity contribution in [2.24, 2.45) is 11.1 Å². The van der Waals surface area contributed by atoms with Gasteiger partial charge in [0.2, 0.25) is 0 Å². The van der Waals surface area contributed by atoms with E-state index in [4.69, 9.17) is 20.3 Å². The molecule has 1 aromatic rings. The lowest BCUT2D eigenvalue weighted by Crippen LogP contribution is -2.26. The fourth-order valence-electron chi connectivity index (χ4n) is 2.19. The van der Waals surface area contributed by atoms with Crippen molar-refractivity contribution in [1.29, 1.82) is 0 Å². The number of hydrogen-bond donors (Lipinski definition) is 2. The van der Waals surface area contributed by atoms with E-state index in [1.807, 2.05) is 13.0 Å². The first-order valence-corrected chi connectivity index (χ1v) is 6.66. The summed E-state index contributed by atoms with van der Waals surface area (Å²) in [5.74, 6) is 0.418. The Labute approximate surface area is 118 Å². The molecule has 0 fully saturated rings.